The fourth-order valence-electron chi connectivity index (χ4n) is 3.49. The number of halogens is 2. The molecular weight excluding hydrogens is 549 g/mol. The number of rotatable bonds is 7. The monoisotopic (exact) mass is 569 g/mol. The summed E-state index contributed by atoms with van der Waals surface area (Å²) < 4.78 is 60.6. The van der Waals surface area contributed by atoms with E-state index in [1.807, 2.05) is 0 Å². The minimum atomic E-state index is -4.11. The van der Waals surface area contributed by atoms with Crippen molar-refractivity contribution in [3.8, 4) is 0 Å². The Morgan fingerprint density at radius 2 is 1.58 bits per heavy atom. The van der Waals surface area contributed by atoms with Crippen molar-refractivity contribution >= 4 is 60.5 Å². The lowest BCUT2D eigenvalue weighted by atomic mass is 10.2. The van der Waals surface area contributed by atoms with Crippen molar-refractivity contribution in [1.82, 2.24) is 4.31 Å². The van der Waals surface area contributed by atoms with Gasteiger partial charge in [0.15, 0.2) is 0 Å². The number of carbonyl (C=O) groups is 1. The molecular formula is C23H21Cl2N3O6S2. The molecule has 4 rings (SSSR count). The molecule has 0 aromatic heterocycles. The summed E-state index contributed by atoms with van der Waals surface area (Å²) in [5, 5.41) is 2.88. The van der Waals surface area contributed by atoms with Crippen molar-refractivity contribution in [2.24, 2.45) is 0 Å². The van der Waals surface area contributed by atoms with Crippen LogP contribution in [0.3, 0.4) is 0 Å². The van der Waals surface area contributed by atoms with Gasteiger partial charge in [-0.1, -0.05) is 35.3 Å². The van der Waals surface area contributed by atoms with Crippen LogP contribution in [0, 0.1) is 0 Å². The standard InChI is InChI=1S/C23H21Cl2N3O6S2/c24-17-4-2-5-19(14-17)27-35(30,31)22-15-18(7-8-21(22)25)26-23(29)16-3-1-6-20(13-16)36(32,33)28-9-11-34-12-10-28/h1-8,13-15,27H,9-12H2,(H,26,29). The molecule has 9 nitrogen and oxygen atoms in total. The zero-order chi connectivity index (χ0) is 25.9. The first-order valence-electron chi connectivity index (χ1n) is 10.6. The van der Waals surface area contributed by atoms with Crippen LogP contribution in [0.1, 0.15) is 10.4 Å². The van der Waals surface area contributed by atoms with Crippen LogP contribution in [-0.2, 0) is 24.8 Å². The van der Waals surface area contributed by atoms with E-state index in [1.165, 1.54) is 58.9 Å². The molecule has 36 heavy (non-hydrogen) atoms. The molecule has 0 unspecified atom stereocenters. The average Bonchev–Trinajstić information content (AvgIpc) is 2.85. The maximum atomic E-state index is 12.9. The van der Waals surface area contributed by atoms with Crippen LogP contribution in [-0.4, -0.2) is 53.4 Å². The molecule has 190 valence electrons. The third kappa shape index (κ3) is 6.00. The first kappa shape index (κ1) is 26.4. The zero-order valence-corrected chi connectivity index (χ0v) is 21.8. The highest BCUT2D eigenvalue weighted by Crippen LogP contribution is 2.28. The Morgan fingerprint density at radius 3 is 2.31 bits per heavy atom. The van der Waals surface area contributed by atoms with E-state index in [2.05, 4.69) is 10.0 Å². The fourth-order valence-corrected chi connectivity index (χ4v) is 6.71. The molecule has 1 aliphatic heterocycles. The van der Waals surface area contributed by atoms with Gasteiger partial charge in [-0.2, -0.15) is 4.31 Å². The van der Waals surface area contributed by atoms with Gasteiger partial charge in [-0.15, -0.1) is 0 Å². The molecule has 1 heterocycles. The van der Waals surface area contributed by atoms with Crippen molar-refractivity contribution < 1.29 is 26.4 Å². The van der Waals surface area contributed by atoms with Gasteiger partial charge in [0, 0.05) is 29.4 Å². The van der Waals surface area contributed by atoms with Crippen LogP contribution in [0.4, 0.5) is 11.4 Å². The highest BCUT2D eigenvalue weighted by molar-refractivity contribution is 7.92. The number of nitrogens with one attached hydrogen (secondary N) is 2. The van der Waals surface area contributed by atoms with Crippen molar-refractivity contribution in [3.05, 3.63) is 82.3 Å². The van der Waals surface area contributed by atoms with Crippen LogP contribution in [0.2, 0.25) is 10.0 Å². The normalized spacial score (nSPS) is 14.8. The molecule has 1 saturated heterocycles. The second-order valence-electron chi connectivity index (χ2n) is 7.76. The second-order valence-corrected chi connectivity index (χ2v) is 12.2. The van der Waals surface area contributed by atoms with Crippen LogP contribution in [0.15, 0.2) is 76.5 Å². The van der Waals surface area contributed by atoms with E-state index < -0.39 is 26.0 Å². The maximum absolute atomic E-state index is 12.9. The minimum absolute atomic E-state index is 0.0258. The van der Waals surface area contributed by atoms with Crippen molar-refractivity contribution in [1.29, 1.82) is 0 Å². The summed E-state index contributed by atoms with van der Waals surface area (Å²) in [4.78, 5) is 12.6. The molecule has 0 radical (unpaired) electrons. The summed E-state index contributed by atoms with van der Waals surface area (Å²) in [6, 6.07) is 15.8. The molecule has 1 amide bonds. The number of hydrogen-bond acceptors (Lipinski definition) is 6. The minimum Gasteiger partial charge on any atom is -0.379 e. The predicted octanol–water partition coefficient (Wildman–Crippen LogP) is 4.07. The summed E-state index contributed by atoms with van der Waals surface area (Å²) in [6.07, 6.45) is 0. The number of sulfonamides is 2. The van der Waals surface area contributed by atoms with Gasteiger partial charge < -0.3 is 10.1 Å². The number of amides is 1. The highest BCUT2D eigenvalue weighted by Gasteiger charge is 2.27. The first-order valence-corrected chi connectivity index (χ1v) is 14.3. The van der Waals surface area contributed by atoms with Crippen LogP contribution >= 0.6 is 23.2 Å². The Kier molecular flexibility index (Phi) is 7.88. The number of ether oxygens (including phenoxy) is 1. The van der Waals surface area contributed by atoms with Crippen LogP contribution < -0.4 is 10.0 Å². The molecule has 13 heteroatoms. The van der Waals surface area contributed by atoms with Crippen LogP contribution in [0.5, 0.6) is 0 Å². The number of nitrogens with zero attached hydrogens (tertiary/aromatic N) is 1. The van der Waals surface area contributed by atoms with Gasteiger partial charge in [0.25, 0.3) is 15.9 Å². The average molecular weight is 570 g/mol. The molecule has 3 aromatic rings. The molecule has 1 aliphatic rings. The van der Waals surface area contributed by atoms with Gasteiger partial charge in [-0.05, 0) is 54.6 Å². The molecule has 0 spiro atoms. The summed E-state index contributed by atoms with van der Waals surface area (Å²) in [7, 11) is -7.91. The van der Waals surface area contributed by atoms with Crippen LogP contribution in [0.25, 0.3) is 0 Å². The zero-order valence-electron chi connectivity index (χ0n) is 18.6. The number of benzene rings is 3. The lowest BCUT2D eigenvalue weighted by Gasteiger charge is -2.26. The molecule has 0 saturated carbocycles. The van der Waals surface area contributed by atoms with Crippen molar-refractivity contribution in [2.45, 2.75) is 9.79 Å². The third-order valence-corrected chi connectivity index (χ3v) is 9.25. The first-order chi connectivity index (χ1) is 17.1. The Hall–Kier alpha value is -2.67. The Morgan fingerprint density at radius 1 is 0.861 bits per heavy atom. The number of hydrogen-bond donors (Lipinski definition) is 2. The largest absolute Gasteiger partial charge is 0.379 e. The lowest BCUT2D eigenvalue weighted by molar-refractivity contribution is 0.0730. The Bertz CT molecular complexity index is 1510. The van der Waals surface area contributed by atoms with E-state index in [9.17, 15) is 21.6 Å². The topological polar surface area (TPSA) is 122 Å². The van der Waals surface area contributed by atoms with Crippen molar-refractivity contribution in [2.75, 3.05) is 36.3 Å². The van der Waals surface area contributed by atoms with E-state index in [1.54, 1.807) is 12.1 Å². The van der Waals surface area contributed by atoms with Gasteiger partial charge >= 0.3 is 0 Å². The second kappa shape index (κ2) is 10.8. The SMILES string of the molecule is O=C(Nc1ccc(Cl)c(S(=O)(=O)Nc2cccc(Cl)c2)c1)c1cccc(S(=O)(=O)N2CCOCC2)c1. The van der Waals surface area contributed by atoms with Gasteiger partial charge in [0.1, 0.15) is 4.90 Å². The van der Waals surface area contributed by atoms with E-state index in [4.69, 9.17) is 27.9 Å². The van der Waals surface area contributed by atoms with Gasteiger partial charge in [0.05, 0.1) is 28.8 Å². The predicted molar refractivity (Wildman–Crippen MR) is 138 cm³/mol. The molecule has 0 bridgehead atoms. The van der Waals surface area contributed by atoms with E-state index in [0.717, 1.165) is 0 Å². The summed E-state index contributed by atoms with van der Waals surface area (Å²) >= 11 is 12.1. The van der Waals surface area contributed by atoms with Gasteiger partial charge in [-0.3, -0.25) is 9.52 Å². The molecule has 3 aromatic carbocycles. The van der Waals surface area contributed by atoms with E-state index in [0.29, 0.717) is 18.2 Å². The van der Waals surface area contributed by atoms with E-state index in [-0.39, 0.29) is 44.8 Å². The lowest BCUT2D eigenvalue weighted by Crippen LogP contribution is -2.40. The maximum Gasteiger partial charge on any atom is 0.263 e. The van der Waals surface area contributed by atoms with Crippen molar-refractivity contribution in [3.63, 3.8) is 0 Å². The molecule has 0 aliphatic carbocycles. The summed E-state index contributed by atoms with van der Waals surface area (Å²) in [5.74, 6) is -0.623. The fraction of sp³-hybridized carbons (Fsp3) is 0.174. The van der Waals surface area contributed by atoms with E-state index >= 15 is 0 Å². The third-order valence-electron chi connectivity index (χ3n) is 5.26. The number of carbonyl (C=O) groups excluding carboxylic acids is 1. The Labute approximate surface area is 219 Å². The number of anilines is 2. The Balaban J connectivity index is 1.55. The summed E-state index contributed by atoms with van der Waals surface area (Å²) in [6.45, 7) is 1.05. The highest BCUT2D eigenvalue weighted by atomic mass is 35.5. The number of morpholine rings is 1. The molecule has 1 fully saturated rings. The quantitative estimate of drug-likeness (QED) is 0.442. The smallest absolute Gasteiger partial charge is 0.263 e. The molecule has 2 N–H and O–H groups in total. The van der Waals surface area contributed by atoms with Gasteiger partial charge in [-0.25, -0.2) is 16.8 Å². The van der Waals surface area contributed by atoms with Gasteiger partial charge in [0.2, 0.25) is 10.0 Å². The summed E-state index contributed by atoms with van der Waals surface area (Å²) in [5.41, 5.74) is 0.476. The molecule has 0 atom stereocenters.